The van der Waals surface area contributed by atoms with Gasteiger partial charge in [0.05, 0.1) is 5.02 Å². The third kappa shape index (κ3) is 3.63. The summed E-state index contributed by atoms with van der Waals surface area (Å²) in [6.45, 7) is 3.28. The molecule has 0 aliphatic carbocycles. The van der Waals surface area contributed by atoms with Gasteiger partial charge in [0.1, 0.15) is 6.04 Å². The highest BCUT2D eigenvalue weighted by atomic mass is 35.5. The van der Waals surface area contributed by atoms with Crippen molar-refractivity contribution >= 4 is 23.4 Å². The van der Waals surface area contributed by atoms with E-state index in [-0.39, 0.29) is 23.9 Å². The molecular weight excluding hydrogens is 380 g/mol. The Morgan fingerprint density at radius 2 is 2.18 bits per heavy atom. The third-order valence-corrected chi connectivity index (χ3v) is 5.91. The Morgan fingerprint density at radius 1 is 1.36 bits per heavy atom. The molecule has 8 heteroatoms. The second kappa shape index (κ2) is 7.91. The lowest BCUT2D eigenvalue weighted by Crippen LogP contribution is -2.60. The topological polar surface area (TPSA) is 79.5 Å². The molecule has 1 aromatic heterocycles. The lowest BCUT2D eigenvalue weighted by Gasteiger charge is -2.41. The van der Waals surface area contributed by atoms with Gasteiger partial charge >= 0.3 is 0 Å². The average molecular weight is 403 g/mol. The van der Waals surface area contributed by atoms with Crippen LogP contribution in [0.15, 0.2) is 28.8 Å². The van der Waals surface area contributed by atoms with Crippen LogP contribution in [0.25, 0.3) is 11.4 Å². The molecule has 3 heterocycles. The van der Waals surface area contributed by atoms with Gasteiger partial charge in [-0.1, -0.05) is 28.9 Å². The number of carbonyl (C=O) groups is 2. The molecule has 0 bridgehead atoms. The number of rotatable bonds is 5. The second-order valence-electron chi connectivity index (χ2n) is 7.39. The molecule has 0 spiro atoms. The van der Waals surface area contributed by atoms with Crippen molar-refractivity contribution in [1.82, 2.24) is 19.9 Å². The molecule has 2 amide bonds. The fraction of sp³-hybridized carbons (Fsp3) is 0.500. The number of nitrogens with zero attached hydrogens (tertiary/aromatic N) is 4. The Labute approximate surface area is 168 Å². The number of amides is 2. The van der Waals surface area contributed by atoms with Gasteiger partial charge in [-0.25, -0.2) is 0 Å². The first-order chi connectivity index (χ1) is 13.5. The lowest BCUT2D eigenvalue weighted by atomic mass is 10.1. The first kappa shape index (κ1) is 18.9. The van der Waals surface area contributed by atoms with Crippen molar-refractivity contribution in [3.8, 4) is 11.4 Å². The van der Waals surface area contributed by atoms with Crippen molar-refractivity contribution in [2.45, 2.75) is 51.1 Å². The Kier molecular flexibility index (Phi) is 5.35. The molecule has 2 atom stereocenters. The summed E-state index contributed by atoms with van der Waals surface area (Å²) in [6, 6.07) is 7.12. The van der Waals surface area contributed by atoms with E-state index in [2.05, 4.69) is 10.1 Å². The molecule has 2 saturated heterocycles. The van der Waals surface area contributed by atoms with E-state index in [1.165, 1.54) is 0 Å². The summed E-state index contributed by atoms with van der Waals surface area (Å²) in [6.07, 6.45) is 3.46. The van der Waals surface area contributed by atoms with Crippen molar-refractivity contribution in [1.29, 1.82) is 0 Å². The van der Waals surface area contributed by atoms with Crippen LogP contribution in [-0.2, 0) is 16.0 Å². The number of benzene rings is 1. The van der Waals surface area contributed by atoms with Gasteiger partial charge in [-0.3, -0.25) is 9.59 Å². The van der Waals surface area contributed by atoms with Crippen LogP contribution in [0.4, 0.5) is 0 Å². The van der Waals surface area contributed by atoms with Crippen molar-refractivity contribution in [2.75, 3.05) is 13.1 Å². The van der Waals surface area contributed by atoms with Gasteiger partial charge in [-0.2, -0.15) is 4.98 Å². The number of aromatic nitrogens is 2. The quantitative estimate of drug-likeness (QED) is 0.768. The molecule has 0 N–H and O–H groups in total. The number of fused-ring (bicyclic) bond motifs is 1. The summed E-state index contributed by atoms with van der Waals surface area (Å²) in [5, 5.41) is 4.54. The van der Waals surface area contributed by atoms with Crippen LogP contribution in [0.2, 0.25) is 5.02 Å². The zero-order chi connectivity index (χ0) is 19.7. The maximum atomic E-state index is 12.7. The number of aryl methyl sites for hydroxylation is 1. The Balaban J connectivity index is 1.32. The minimum absolute atomic E-state index is 0.0123. The third-order valence-electron chi connectivity index (χ3n) is 5.58. The number of hydrogen-bond acceptors (Lipinski definition) is 5. The minimum Gasteiger partial charge on any atom is -0.339 e. The van der Waals surface area contributed by atoms with E-state index in [1.54, 1.807) is 11.0 Å². The minimum atomic E-state index is -0.378. The fourth-order valence-corrected chi connectivity index (χ4v) is 4.25. The van der Waals surface area contributed by atoms with Gasteiger partial charge in [-0.15, -0.1) is 0 Å². The van der Waals surface area contributed by atoms with Gasteiger partial charge in [0.2, 0.25) is 23.5 Å². The summed E-state index contributed by atoms with van der Waals surface area (Å²) in [5.74, 6) is 1.01. The van der Waals surface area contributed by atoms with Crippen molar-refractivity contribution < 1.29 is 14.1 Å². The molecule has 2 aliphatic rings. The Morgan fingerprint density at radius 3 is 3.00 bits per heavy atom. The molecule has 2 aromatic rings. The smallest absolute Gasteiger partial charge is 0.245 e. The van der Waals surface area contributed by atoms with Crippen LogP contribution < -0.4 is 0 Å². The van der Waals surface area contributed by atoms with Crippen LogP contribution in [0, 0.1) is 0 Å². The monoisotopic (exact) mass is 402 g/mol. The number of hydrogen-bond donors (Lipinski definition) is 0. The van der Waals surface area contributed by atoms with E-state index in [4.69, 9.17) is 16.1 Å². The average Bonchev–Trinajstić information content (AvgIpc) is 3.34. The molecule has 28 heavy (non-hydrogen) atoms. The van der Waals surface area contributed by atoms with Crippen LogP contribution in [0.1, 0.15) is 38.5 Å². The summed E-state index contributed by atoms with van der Waals surface area (Å²) in [5.41, 5.74) is 0.719. The van der Waals surface area contributed by atoms with Gasteiger partial charge < -0.3 is 14.3 Å². The van der Waals surface area contributed by atoms with E-state index >= 15 is 0 Å². The first-order valence-corrected chi connectivity index (χ1v) is 10.1. The highest BCUT2D eigenvalue weighted by Gasteiger charge is 2.41. The maximum absolute atomic E-state index is 12.7. The van der Waals surface area contributed by atoms with E-state index < -0.39 is 0 Å². The molecule has 0 radical (unpaired) electrons. The molecule has 2 aliphatic heterocycles. The van der Waals surface area contributed by atoms with E-state index in [0.29, 0.717) is 42.5 Å². The molecule has 0 unspecified atom stereocenters. The van der Waals surface area contributed by atoms with Gasteiger partial charge in [0.15, 0.2) is 0 Å². The van der Waals surface area contributed by atoms with Gasteiger partial charge in [0, 0.05) is 37.5 Å². The standard InChI is InChI=1S/C20H23ClN4O3/c1-13-20(27)24-11-5-6-14(24)12-25(13)18(26)10-4-9-17-22-19(23-28-17)15-7-2-3-8-16(15)21/h2-3,7-8,13-14H,4-6,9-12H2,1H3/t13-,14-/m0/s1. The van der Waals surface area contributed by atoms with Crippen LogP contribution in [0.5, 0.6) is 0 Å². The predicted molar refractivity (Wildman–Crippen MR) is 104 cm³/mol. The Bertz CT molecular complexity index is 884. The fourth-order valence-electron chi connectivity index (χ4n) is 4.03. The summed E-state index contributed by atoms with van der Waals surface area (Å²) < 4.78 is 5.29. The molecule has 4 rings (SSSR count). The molecule has 2 fully saturated rings. The molecule has 148 valence electrons. The van der Waals surface area contributed by atoms with E-state index in [9.17, 15) is 9.59 Å². The Hall–Kier alpha value is -2.41. The molecular formula is C20H23ClN4O3. The highest BCUT2D eigenvalue weighted by Crippen LogP contribution is 2.27. The van der Waals surface area contributed by atoms with Crippen molar-refractivity contribution in [2.24, 2.45) is 0 Å². The van der Waals surface area contributed by atoms with Crippen LogP contribution >= 0.6 is 11.6 Å². The van der Waals surface area contributed by atoms with Gasteiger partial charge in [0.25, 0.3) is 0 Å². The van der Waals surface area contributed by atoms with Crippen molar-refractivity contribution in [3.05, 3.63) is 35.2 Å². The number of halogens is 1. The largest absolute Gasteiger partial charge is 0.339 e. The summed E-state index contributed by atoms with van der Waals surface area (Å²) in [7, 11) is 0. The lowest BCUT2D eigenvalue weighted by molar-refractivity contribution is -0.152. The molecule has 7 nitrogen and oxygen atoms in total. The first-order valence-electron chi connectivity index (χ1n) is 9.72. The maximum Gasteiger partial charge on any atom is 0.245 e. The number of piperazine rings is 1. The molecule has 1 aromatic carbocycles. The normalized spacial score (nSPS) is 21.9. The van der Waals surface area contributed by atoms with E-state index in [0.717, 1.165) is 24.9 Å². The van der Waals surface area contributed by atoms with E-state index in [1.807, 2.05) is 30.0 Å². The van der Waals surface area contributed by atoms with Crippen molar-refractivity contribution in [3.63, 3.8) is 0 Å². The second-order valence-corrected chi connectivity index (χ2v) is 7.80. The SMILES string of the molecule is C[C@H]1C(=O)N2CCC[C@H]2CN1C(=O)CCCc1nc(-c2ccccc2Cl)no1. The molecule has 0 saturated carbocycles. The van der Waals surface area contributed by atoms with Crippen LogP contribution in [0.3, 0.4) is 0 Å². The summed E-state index contributed by atoms with van der Waals surface area (Å²) >= 11 is 6.16. The number of carbonyl (C=O) groups excluding carboxylic acids is 2. The van der Waals surface area contributed by atoms with Crippen LogP contribution in [-0.4, -0.2) is 56.9 Å². The predicted octanol–water partition coefficient (Wildman–Crippen LogP) is 2.93. The zero-order valence-corrected chi connectivity index (χ0v) is 16.6. The highest BCUT2D eigenvalue weighted by molar-refractivity contribution is 6.33. The van der Waals surface area contributed by atoms with Gasteiger partial charge in [-0.05, 0) is 38.3 Å². The summed E-state index contributed by atoms with van der Waals surface area (Å²) in [4.78, 5) is 33.2. The zero-order valence-electron chi connectivity index (χ0n) is 15.8.